The molecule has 7 nitrogen and oxygen atoms in total. The number of anilines is 1. The van der Waals surface area contributed by atoms with Crippen LogP contribution in [-0.2, 0) is 0 Å². The van der Waals surface area contributed by atoms with Gasteiger partial charge in [0.1, 0.15) is 0 Å². The summed E-state index contributed by atoms with van der Waals surface area (Å²) in [4.78, 5) is 22.0. The number of aryl methyl sites for hydroxylation is 1. The number of benzene rings is 2. The molecule has 7 heteroatoms. The van der Waals surface area contributed by atoms with Crippen LogP contribution < -0.4 is 10.7 Å². The second-order valence-corrected chi connectivity index (χ2v) is 4.49. The van der Waals surface area contributed by atoms with Gasteiger partial charge in [-0.05, 0) is 19.1 Å². The number of nitro groups is 1. The van der Waals surface area contributed by atoms with Crippen LogP contribution >= 0.6 is 0 Å². The lowest BCUT2D eigenvalue weighted by Gasteiger charge is -2.03. The zero-order valence-corrected chi connectivity index (χ0v) is 11.8. The summed E-state index contributed by atoms with van der Waals surface area (Å²) in [5.41, 5.74) is 4.04. The molecule has 0 aliphatic heterocycles. The van der Waals surface area contributed by atoms with Gasteiger partial charge in [0.2, 0.25) is 0 Å². The van der Waals surface area contributed by atoms with Gasteiger partial charge >= 0.3 is 6.03 Å². The fraction of sp³-hybridized carbons (Fsp3) is 0.0667. The molecule has 22 heavy (non-hydrogen) atoms. The summed E-state index contributed by atoms with van der Waals surface area (Å²) >= 11 is 0. The summed E-state index contributed by atoms with van der Waals surface area (Å²) < 4.78 is 0. The second kappa shape index (κ2) is 6.98. The van der Waals surface area contributed by atoms with E-state index in [-0.39, 0.29) is 5.69 Å². The minimum absolute atomic E-state index is 0.0117. The summed E-state index contributed by atoms with van der Waals surface area (Å²) in [5.74, 6) is 0. The third kappa shape index (κ3) is 4.14. The molecular weight excluding hydrogens is 284 g/mol. The van der Waals surface area contributed by atoms with Gasteiger partial charge in [-0.15, -0.1) is 0 Å². The van der Waals surface area contributed by atoms with Crippen molar-refractivity contribution in [2.24, 2.45) is 5.10 Å². The van der Waals surface area contributed by atoms with E-state index in [4.69, 9.17) is 0 Å². The maximum atomic E-state index is 11.6. The maximum Gasteiger partial charge on any atom is 0.339 e. The molecule has 0 saturated heterocycles. The van der Waals surface area contributed by atoms with Crippen molar-refractivity contribution in [3.05, 3.63) is 69.8 Å². The van der Waals surface area contributed by atoms with Crippen molar-refractivity contribution in [3.63, 3.8) is 0 Å². The Bertz CT molecular complexity index is 714. The molecule has 2 aromatic rings. The van der Waals surface area contributed by atoms with Crippen LogP contribution in [0, 0.1) is 17.0 Å². The van der Waals surface area contributed by atoms with Gasteiger partial charge < -0.3 is 5.32 Å². The van der Waals surface area contributed by atoms with Gasteiger partial charge in [-0.25, -0.2) is 10.2 Å². The number of hydrogen-bond donors (Lipinski definition) is 2. The molecule has 0 radical (unpaired) electrons. The molecule has 2 N–H and O–H groups in total. The summed E-state index contributed by atoms with van der Waals surface area (Å²) in [5, 5.41) is 17.2. The molecular formula is C15H14N4O3. The maximum absolute atomic E-state index is 11.6. The van der Waals surface area contributed by atoms with Crippen molar-refractivity contribution < 1.29 is 9.72 Å². The summed E-state index contributed by atoms with van der Waals surface area (Å²) in [6, 6.07) is 13.1. The van der Waals surface area contributed by atoms with Crippen LogP contribution in [0.1, 0.15) is 11.1 Å². The number of hydrogen-bond acceptors (Lipinski definition) is 4. The van der Waals surface area contributed by atoms with Crippen molar-refractivity contribution in [1.29, 1.82) is 0 Å². The Hall–Kier alpha value is -3.22. The molecule has 0 atom stereocenters. The fourth-order valence-electron chi connectivity index (χ4n) is 1.75. The lowest BCUT2D eigenvalue weighted by molar-refractivity contribution is -0.385. The van der Waals surface area contributed by atoms with E-state index in [0.29, 0.717) is 16.8 Å². The molecule has 0 bridgehead atoms. The molecule has 0 heterocycles. The van der Waals surface area contributed by atoms with Crippen LogP contribution in [0.5, 0.6) is 0 Å². The van der Waals surface area contributed by atoms with E-state index in [1.807, 2.05) is 6.07 Å². The van der Waals surface area contributed by atoms with E-state index in [0.717, 1.165) is 0 Å². The quantitative estimate of drug-likeness (QED) is 0.515. The van der Waals surface area contributed by atoms with Crippen molar-refractivity contribution in [2.45, 2.75) is 6.92 Å². The van der Waals surface area contributed by atoms with E-state index >= 15 is 0 Å². The topological polar surface area (TPSA) is 96.6 Å². The highest BCUT2D eigenvalue weighted by Crippen LogP contribution is 2.18. The first-order valence-electron chi connectivity index (χ1n) is 6.46. The first kappa shape index (κ1) is 15.2. The number of rotatable bonds is 4. The Balaban J connectivity index is 1.96. The number of amides is 2. The molecule has 0 aliphatic rings. The van der Waals surface area contributed by atoms with Gasteiger partial charge in [-0.1, -0.05) is 30.3 Å². The summed E-state index contributed by atoms with van der Waals surface area (Å²) in [6.45, 7) is 1.66. The van der Waals surface area contributed by atoms with E-state index in [1.165, 1.54) is 12.3 Å². The molecule has 0 aliphatic carbocycles. The monoisotopic (exact) mass is 298 g/mol. The number of nitrogens with zero attached hydrogens (tertiary/aromatic N) is 2. The molecule has 2 amide bonds. The normalized spacial score (nSPS) is 10.4. The van der Waals surface area contributed by atoms with Gasteiger partial charge in [0.25, 0.3) is 5.69 Å². The van der Waals surface area contributed by atoms with E-state index in [9.17, 15) is 14.9 Å². The minimum Gasteiger partial charge on any atom is -0.307 e. The number of carbonyl (C=O) groups excluding carboxylic acids is 1. The van der Waals surface area contributed by atoms with Gasteiger partial charge in [0.15, 0.2) is 0 Å². The number of para-hydroxylation sites is 1. The second-order valence-electron chi connectivity index (χ2n) is 4.49. The lowest BCUT2D eigenvalue weighted by Crippen LogP contribution is -2.24. The lowest BCUT2D eigenvalue weighted by atomic mass is 10.1. The Labute approximate surface area is 126 Å². The molecule has 0 fully saturated rings. The Morgan fingerprint density at radius 3 is 2.64 bits per heavy atom. The average molecular weight is 298 g/mol. The van der Waals surface area contributed by atoms with Crippen molar-refractivity contribution in [2.75, 3.05) is 5.32 Å². The molecule has 0 spiro atoms. The van der Waals surface area contributed by atoms with Crippen LogP contribution in [0.15, 0.2) is 53.6 Å². The Morgan fingerprint density at radius 2 is 1.95 bits per heavy atom. The predicted octanol–water partition coefficient (Wildman–Crippen LogP) is 3.06. The number of carbonyl (C=O) groups is 1. The van der Waals surface area contributed by atoms with Gasteiger partial charge in [0.05, 0.1) is 11.1 Å². The highest BCUT2D eigenvalue weighted by Gasteiger charge is 2.09. The highest BCUT2D eigenvalue weighted by molar-refractivity contribution is 5.90. The van der Waals surface area contributed by atoms with E-state index in [1.54, 1.807) is 43.3 Å². The van der Waals surface area contributed by atoms with Gasteiger partial charge in [-0.2, -0.15) is 5.10 Å². The molecule has 2 rings (SSSR count). The zero-order chi connectivity index (χ0) is 15.9. The Kier molecular flexibility index (Phi) is 4.81. The van der Waals surface area contributed by atoms with Crippen LogP contribution in [-0.4, -0.2) is 17.2 Å². The largest absolute Gasteiger partial charge is 0.339 e. The minimum atomic E-state index is -0.496. The van der Waals surface area contributed by atoms with Crippen LogP contribution in [0.2, 0.25) is 0 Å². The molecule has 0 unspecified atom stereocenters. The van der Waals surface area contributed by atoms with Gasteiger partial charge in [0, 0.05) is 22.9 Å². The fourth-order valence-corrected chi connectivity index (χ4v) is 1.75. The number of urea groups is 1. The van der Waals surface area contributed by atoms with Crippen molar-refractivity contribution in [1.82, 2.24) is 5.43 Å². The first-order chi connectivity index (χ1) is 10.6. The molecule has 2 aromatic carbocycles. The highest BCUT2D eigenvalue weighted by atomic mass is 16.6. The first-order valence-corrected chi connectivity index (χ1v) is 6.46. The van der Waals surface area contributed by atoms with Crippen molar-refractivity contribution in [3.8, 4) is 0 Å². The summed E-state index contributed by atoms with van der Waals surface area (Å²) in [7, 11) is 0. The van der Waals surface area contributed by atoms with E-state index in [2.05, 4.69) is 15.8 Å². The summed E-state index contributed by atoms with van der Waals surface area (Å²) in [6.07, 6.45) is 1.34. The van der Waals surface area contributed by atoms with Crippen LogP contribution in [0.3, 0.4) is 0 Å². The number of hydrazone groups is 1. The van der Waals surface area contributed by atoms with Crippen LogP contribution in [0.4, 0.5) is 16.2 Å². The Morgan fingerprint density at radius 1 is 1.23 bits per heavy atom. The van der Waals surface area contributed by atoms with Crippen molar-refractivity contribution >= 4 is 23.6 Å². The smallest absolute Gasteiger partial charge is 0.307 e. The van der Waals surface area contributed by atoms with Gasteiger partial charge in [-0.3, -0.25) is 10.1 Å². The van der Waals surface area contributed by atoms with E-state index < -0.39 is 11.0 Å². The zero-order valence-electron chi connectivity index (χ0n) is 11.8. The third-order valence-corrected chi connectivity index (χ3v) is 2.84. The third-order valence-electron chi connectivity index (χ3n) is 2.84. The number of nitrogens with one attached hydrogen (secondary N) is 2. The van der Waals surface area contributed by atoms with Crippen LogP contribution in [0.25, 0.3) is 0 Å². The molecule has 112 valence electrons. The standard InChI is InChI=1S/C15H14N4O3/c1-11-7-8-12(9-14(11)19(21)22)10-16-18-15(20)17-13-5-3-2-4-6-13/h2-10H,1H3,(H2,17,18,20)/b16-10-. The molecule has 0 aromatic heterocycles. The average Bonchev–Trinajstić information content (AvgIpc) is 2.49. The SMILES string of the molecule is Cc1ccc(/C=N\NC(=O)Nc2ccccc2)cc1[N+](=O)[O-]. The number of nitro benzene ring substituents is 1. The molecule has 0 saturated carbocycles. The predicted molar refractivity (Wildman–Crippen MR) is 84.0 cm³/mol.